The van der Waals surface area contributed by atoms with Crippen LogP contribution >= 0.6 is 11.6 Å². The summed E-state index contributed by atoms with van der Waals surface area (Å²) in [5, 5.41) is 9.77. The summed E-state index contributed by atoms with van der Waals surface area (Å²) >= 11 is 6.67. The van der Waals surface area contributed by atoms with E-state index in [0.717, 1.165) is 0 Å². The third kappa shape index (κ3) is 7.55. The molecule has 2 unspecified atom stereocenters. The summed E-state index contributed by atoms with van der Waals surface area (Å²) in [5.74, 6) is 1.06. The number of carbonyl (C=O) groups is 2. The Kier molecular flexibility index (Phi) is 11.8. The standard InChI is InChI=1S/C33H38ClNO10/c1-6-43-29(37)18-28-33(38)35(19-20-11-12-22(39-2)17-26(20)41-4)30-24(15-21(34)16-27(30)44-14-8-13-36)31(45-28)23-9-7-10-25(40-3)32(23)42-5/h7,9-12,15-17,28,31,36H,6,8,13-14,18-19H2,1-5H3. The van der Waals surface area contributed by atoms with Crippen molar-refractivity contribution in [2.45, 2.75) is 38.5 Å². The topological polar surface area (TPSA) is 122 Å². The number of para-hydroxylation sites is 1. The summed E-state index contributed by atoms with van der Waals surface area (Å²) in [7, 11) is 6.10. The van der Waals surface area contributed by atoms with E-state index < -0.39 is 24.1 Å². The average Bonchev–Trinajstić information content (AvgIpc) is 3.15. The predicted octanol–water partition coefficient (Wildman–Crippen LogP) is 5.11. The smallest absolute Gasteiger partial charge is 0.308 e. The van der Waals surface area contributed by atoms with Crippen molar-refractivity contribution >= 4 is 29.2 Å². The zero-order valence-electron chi connectivity index (χ0n) is 26.0. The van der Waals surface area contributed by atoms with Crippen molar-refractivity contribution in [1.82, 2.24) is 0 Å². The Morgan fingerprint density at radius 2 is 1.73 bits per heavy atom. The molecule has 1 heterocycles. The molecule has 0 aromatic heterocycles. The van der Waals surface area contributed by atoms with Crippen molar-refractivity contribution in [3.05, 3.63) is 70.2 Å². The molecule has 1 aliphatic heterocycles. The van der Waals surface area contributed by atoms with Crippen LogP contribution in [0.3, 0.4) is 0 Å². The Morgan fingerprint density at radius 3 is 2.40 bits per heavy atom. The van der Waals surface area contributed by atoms with Crippen LogP contribution < -0.4 is 28.6 Å². The molecule has 0 saturated heterocycles. The number of nitrogens with zero attached hydrogens (tertiary/aromatic N) is 1. The van der Waals surface area contributed by atoms with Gasteiger partial charge in [-0.05, 0) is 31.2 Å². The number of aliphatic hydroxyl groups is 1. The minimum Gasteiger partial charge on any atom is -0.497 e. The van der Waals surface area contributed by atoms with E-state index in [2.05, 4.69) is 0 Å². The molecular formula is C33H38ClNO10. The molecule has 2 atom stereocenters. The largest absolute Gasteiger partial charge is 0.497 e. The SMILES string of the molecule is CCOC(=O)CC1OC(c2cccc(OC)c2OC)c2cc(Cl)cc(OCCCO)c2N(Cc2ccc(OC)cc2OC)C1=O. The fourth-order valence-corrected chi connectivity index (χ4v) is 5.41. The van der Waals surface area contributed by atoms with Crippen molar-refractivity contribution in [2.24, 2.45) is 0 Å². The van der Waals surface area contributed by atoms with Gasteiger partial charge in [0.1, 0.15) is 29.5 Å². The van der Waals surface area contributed by atoms with E-state index in [1.807, 2.05) is 0 Å². The molecule has 11 nitrogen and oxygen atoms in total. The molecule has 0 bridgehead atoms. The van der Waals surface area contributed by atoms with Crippen LogP contribution in [0.25, 0.3) is 0 Å². The van der Waals surface area contributed by atoms with Gasteiger partial charge in [-0.3, -0.25) is 9.59 Å². The number of ether oxygens (including phenoxy) is 7. The fraction of sp³-hybridized carbons (Fsp3) is 0.394. The summed E-state index contributed by atoms with van der Waals surface area (Å²) in [6, 6.07) is 13.9. The summed E-state index contributed by atoms with van der Waals surface area (Å²) in [6.45, 7) is 1.90. The third-order valence-corrected chi connectivity index (χ3v) is 7.44. The molecule has 242 valence electrons. The Morgan fingerprint density at radius 1 is 0.956 bits per heavy atom. The molecule has 0 saturated carbocycles. The first-order valence-corrected chi connectivity index (χ1v) is 14.8. The van der Waals surface area contributed by atoms with Crippen LogP contribution in [0.2, 0.25) is 5.02 Å². The number of amides is 1. The summed E-state index contributed by atoms with van der Waals surface area (Å²) in [5.41, 5.74) is 2.05. The van der Waals surface area contributed by atoms with E-state index in [4.69, 9.17) is 44.8 Å². The number of aliphatic hydroxyl groups excluding tert-OH is 1. The van der Waals surface area contributed by atoms with Gasteiger partial charge in [0.15, 0.2) is 11.5 Å². The maximum Gasteiger partial charge on any atom is 0.308 e. The van der Waals surface area contributed by atoms with E-state index in [0.29, 0.717) is 62.6 Å². The molecule has 1 aliphatic rings. The van der Waals surface area contributed by atoms with Crippen LogP contribution in [-0.4, -0.2) is 71.3 Å². The molecule has 0 spiro atoms. The Labute approximate surface area is 267 Å². The summed E-state index contributed by atoms with van der Waals surface area (Å²) in [6.07, 6.45) is -2.24. The molecule has 0 fully saturated rings. The van der Waals surface area contributed by atoms with Gasteiger partial charge in [0, 0.05) is 46.9 Å². The lowest BCUT2D eigenvalue weighted by Gasteiger charge is -2.28. The highest BCUT2D eigenvalue weighted by molar-refractivity contribution is 6.31. The van der Waals surface area contributed by atoms with Crippen LogP contribution in [0.1, 0.15) is 42.6 Å². The maximum absolute atomic E-state index is 14.5. The van der Waals surface area contributed by atoms with Crippen LogP contribution in [0.5, 0.6) is 28.7 Å². The predicted molar refractivity (Wildman–Crippen MR) is 167 cm³/mol. The molecule has 3 aromatic rings. The number of fused-ring (bicyclic) bond motifs is 1. The molecule has 12 heteroatoms. The molecule has 0 radical (unpaired) electrons. The van der Waals surface area contributed by atoms with Crippen LogP contribution in [0.4, 0.5) is 5.69 Å². The zero-order valence-corrected chi connectivity index (χ0v) is 26.7. The van der Waals surface area contributed by atoms with E-state index in [1.54, 1.807) is 62.6 Å². The highest BCUT2D eigenvalue weighted by Gasteiger charge is 2.41. The van der Waals surface area contributed by atoms with E-state index in [9.17, 15) is 14.7 Å². The van der Waals surface area contributed by atoms with E-state index in [-0.39, 0.29) is 32.8 Å². The first-order valence-electron chi connectivity index (χ1n) is 14.4. The molecule has 3 aromatic carbocycles. The number of hydrogen-bond acceptors (Lipinski definition) is 10. The van der Waals surface area contributed by atoms with Crippen molar-refractivity contribution in [3.8, 4) is 28.7 Å². The molecule has 1 N–H and O–H groups in total. The Hall–Kier alpha value is -4.19. The highest BCUT2D eigenvalue weighted by Crippen LogP contribution is 2.49. The molecule has 1 amide bonds. The number of carbonyl (C=O) groups excluding carboxylic acids is 2. The summed E-state index contributed by atoms with van der Waals surface area (Å²) in [4.78, 5) is 28.9. The number of rotatable bonds is 14. The lowest BCUT2D eigenvalue weighted by atomic mass is 9.97. The summed E-state index contributed by atoms with van der Waals surface area (Å²) < 4.78 is 40.2. The van der Waals surface area contributed by atoms with Gasteiger partial charge in [0.25, 0.3) is 5.91 Å². The van der Waals surface area contributed by atoms with E-state index in [1.165, 1.54) is 26.2 Å². The van der Waals surface area contributed by atoms with Crippen LogP contribution in [0, 0.1) is 0 Å². The number of methoxy groups -OCH3 is 4. The second-order valence-corrected chi connectivity index (χ2v) is 10.4. The van der Waals surface area contributed by atoms with Gasteiger partial charge in [-0.15, -0.1) is 0 Å². The minimum atomic E-state index is -1.27. The number of halogens is 1. The quantitative estimate of drug-likeness (QED) is 0.187. The first-order chi connectivity index (χ1) is 21.8. The molecule has 45 heavy (non-hydrogen) atoms. The van der Waals surface area contributed by atoms with Gasteiger partial charge in [-0.2, -0.15) is 0 Å². The van der Waals surface area contributed by atoms with Crippen LogP contribution in [-0.2, 0) is 25.6 Å². The monoisotopic (exact) mass is 643 g/mol. The molecule has 4 rings (SSSR count). The highest BCUT2D eigenvalue weighted by atomic mass is 35.5. The lowest BCUT2D eigenvalue weighted by molar-refractivity contribution is -0.151. The van der Waals surface area contributed by atoms with Crippen LogP contribution in [0.15, 0.2) is 48.5 Å². The molecule has 0 aliphatic carbocycles. The van der Waals surface area contributed by atoms with Crippen molar-refractivity contribution in [2.75, 3.05) is 53.2 Å². The van der Waals surface area contributed by atoms with Crippen molar-refractivity contribution < 1.29 is 47.9 Å². The zero-order chi connectivity index (χ0) is 32.5. The Balaban J connectivity index is 2.00. The number of benzene rings is 3. The molecular weight excluding hydrogens is 606 g/mol. The second kappa shape index (κ2) is 15.7. The second-order valence-electron chi connectivity index (χ2n) is 9.97. The normalized spacial score (nSPS) is 16.0. The van der Waals surface area contributed by atoms with E-state index >= 15 is 0 Å². The van der Waals surface area contributed by atoms with Gasteiger partial charge >= 0.3 is 5.97 Å². The number of hydrogen-bond donors (Lipinski definition) is 1. The average molecular weight is 644 g/mol. The third-order valence-electron chi connectivity index (χ3n) is 7.22. The number of anilines is 1. The van der Waals surface area contributed by atoms with Gasteiger partial charge in [0.2, 0.25) is 0 Å². The lowest BCUT2D eigenvalue weighted by Crippen LogP contribution is -2.40. The van der Waals surface area contributed by atoms with Gasteiger partial charge in [-0.1, -0.05) is 23.7 Å². The minimum absolute atomic E-state index is 0.0155. The first kappa shape index (κ1) is 33.7. The van der Waals surface area contributed by atoms with Crippen molar-refractivity contribution in [1.29, 1.82) is 0 Å². The van der Waals surface area contributed by atoms with Gasteiger partial charge in [-0.25, -0.2) is 0 Å². The van der Waals surface area contributed by atoms with Crippen molar-refractivity contribution in [3.63, 3.8) is 0 Å². The fourth-order valence-electron chi connectivity index (χ4n) is 5.20. The Bertz CT molecular complexity index is 1500. The maximum atomic E-state index is 14.5. The van der Waals surface area contributed by atoms with Gasteiger partial charge < -0.3 is 43.2 Å². The van der Waals surface area contributed by atoms with Gasteiger partial charge in [0.05, 0.1) is 60.3 Å². The number of esters is 1.